The quantitative estimate of drug-likeness (QED) is 0.812. The van der Waals surface area contributed by atoms with Gasteiger partial charge in [0.2, 0.25) is 5.91 Å². The molecule has 142 valence electrons. The molecule has 0 aromatic heterocycles. The minimum absolute atomic E-state index is 0.0405. The van der Waals surface area contributed by atoms with Crippen LogP contribution in [0, 0.1) is 12.8 Å². The monoisotopic (exact) mass is 369 g/mol. The lowest BCUT2D eigenvalue weighted by molar-refractivity contribution is -0.141. The fourth-order valence-corrected chi connectivity index (χ4v) is 3.15. The molecule has 0 saturated carbocycles. The molecule has 0 bridgehead atoms. The molecule has 1 saturated heterocycles. The summed E-state index contributed by atoms with van der Waals surface area (Å²) in [5.41, 5.74) is 3.00. The molecule has 1 N–H and O–H groups in total. The van der Waals surface area contributed by atoms with Crippen LogP contribution >= 0.6 is 0 Å². The number of ether oxygens (including phenoxy) is 2. The van der Waals surface area contributed by atoms with Gasteiger partial charge in [0.05, 0.1) is 13.0 Å². The van der Waals surface area contributed by atoms with Crippen molar-refractivity contribution in [3.05, 3.63) is 59.2 Å². The summed E-state index contributed by atoms with van der Waals surface area (Å²) in [6, 6.07) is 13.6. The van der Waals surface area contributed by atoms with E-state index in [4.69, 9.17) is 14.6 Å². The molecule has 27 heavy (non-hydrogen) atoms. The number of methoxy groups -OCH3 is 1. The van der Waals surface area contributed by atoms with E-state index in [9.17, 15) is 9.59 Å². The van der Waals surface area contributed by atoms with E-state index in [0.29, 0.717) is 24.7 Å². The second-order valence-electron chi connectivity index (χ2n) is 6.74. The highest BCUT2D eigenvalue weighted by atomic mass is 16.5. The van der Waals surface area contributed by atoms with Crippen LogP contribution in [0.15, 0.2) is 42.5 Å². The van der Waals surface area contributed by atoms with E-state index in [0.717, 1.165) is 11.1 Å². The normalized spacial score (nSPS) is 16.4. The summed E-state index contributed by atoms with van der Waals surface area (Å²) in [6.07, 6.45) is 0.0405. The largest absolute Gasteiger partial charge is 0.493 e. The number of aliphatic carboxylic acids is 1. The number of carboxylic acid groups (broad SMARTS) is 1. The van der Waals surface area contributed by atoms with Gasteiger partial charge in [-0.25, -0.2) is 0 Å². The predicted molar refractivity (Wildman–Crippen MR) is 99.7 cm³/mol. The fourth-order valence-electron chi connectivity index (χ4n) is 3.15. The first-order valence-electron chi connectivity index (χ1n) is 8.82. The van der Waals surface area contributed by atoms with E-state index in [2.05, 4.69) is 0 Å². The van der Waals surface area contributed by atoms with Crippen molar-refractivity contribution in [2.75, 3.05) is 13.7 Å². The Bertz CT molecular complexity index is 831. The maximum absolute atomic E-state index is 12.2. The number of benzene rings is 2. The summed E-state index contributed by atoms with van der Waals surface area (Å²) in [4.78, 5) is 24.9. The van der Waals surface area contributed by atoms with E-state index >= 15 is 0 Å². The van der Waals surface area contributed by atoms with Crippen molar-refractivity contribution in [2.45, 2.75) is 26.5 Å². The van der Waals surface area contributed by atoms with Crippen LogP contribution in [0.4, 0.5) is 0 Å². The number of likely N-dealkylation sites (tertiary alicyclic amines) is 1. The molecule has 6 nitrogen and oxygen atoms in total. The Morgan fingerprint density at radius 3 is 2.59 bits per heavy atom. The number of hydrogen-bond donors (Lipinski definition) is 1. The van der Waals surface area contributed by atoms with Crippen LogP contribution in [0.1, 0.15) is 23.1 Å². The third-order valence-corrected chi connectivity index (χ3v) is 4.71. The second kappa shape index (κ2) is 8.12. The van der Waals surface area contributed by atoms with Crippen LogP contribution in [0.25, 0.3) is 0 Å². The number of carbonyl (C=O) groups excluding carboxylic acids is 1. The molecule has 0 radical (unpaired) electrons. The molecule has 1 aliphatic rings. The Kier molecular flexibility index (Phi) is 5.64. The van der Waals surface area contributed by atoms with Crippen molar-refractivity contribution in [3.63, 3.8) is 0 Å². The van der Waals surface area contributed by atoms with Crippen molar-refractivity contribution in [1.29, 1.82) is 0 Å². The summed E-state index contributed by atoms with van der Waals surface area (Å²) in [6.45, 7) is 2.91. The Morgan fingerprint density at radius 1 is 1.22 bits per heavy atom. The zero-order chi connectivity index (χ0) is 19.4. The standard InChI is InChI=1S/C21H23NO5/c1-14-6-8-15(9-7-14)13-27-20-16(4-3-5-18(20)26-2)11-22-12-17(21(24)25)10-19(22)23/h3-9,17H,10-13H2,1-2H3,(H,24,25). The Balaban J connectivity index is 1.78. The number of hydrogen-bond acceptors (Lipinski definition) is 4. The van der Waals surface area contributed by atoms with E-state index < -0.39 is 11.9 Å². The van der Waals surface area contributed by atoms with Gasteiger partial charge >= 0.3 is 5.97 Å². The van der Waals surface area contributed by atoms with Gasteiger partial charge in [0.25, 0.3) is 0 Å². The lowest BCUT2D eigenvalue weighted by atomic mass is 10.1. The molecule has 2 aromatic rings. The van der Waals surface area contributed by atoms with E-state index in [1.165, 1.54) is 5.56 Å². The summed E-state index contributed by atoms with van der Waals surface area (Å²) < 4.78 is 11.4. The third kappa shape index (κ3) is 4.39. The highest BCUT2D eigenvalue weighted by Crippen LogP contribution is 2.34. The van der Waals surface area contributed by atoms with Crippen LogP contribution in [-0.2, 0) is 22.7 Å². The van der Waals surface area contributed by atoms with Crippen molar-refractivity contribution in [1.82, 2.24) is 4.90 Å². The van der Waals surface area contributed by atoms with E-state index in [1.807, 2.05) is 43.3 Å². The van der Waals surface area contributed by atoms with Crippen LogP contribution < -0.4 is 9.47 Å². The zero-order valence-corrected chi connectivity index (χ0v) is 15.5. The van der Waals surface area contributed by atoms with Crippen LogP contribution in [-0.4, -0.2) is 35.5 Å². The van der Waals surface area contributed by atoms with Gasteiger partial charge in [0.1, 0.15) is 6.61 Å². The number of aryl methyl sites for hydroxylation is 1. The third-order valence-electron chi connectivity index (χ3n) is 4.71. The molecular formula is C21H23NO5. The molecule has 6 heteroatoms. The second-order valence-corrected chi connectivity index (χ2v) is 6.74. The zero-order valence-electron chi connectivity index (χ0n) is 15.5. The number of amides is 1. The van der Waals surface area contributed by atoms with Gasteiger partial charge in [0, 0.05) is 25.1 Å². The smallest absolute Gasteiger partial charge is 0.308 e. The highest BCUT2D eigenvalue weighted by molar-refractivity contribution is 5.86. The van der Waals surface area contributed by atoms with Gasteiger partial charge in [-0.05, 0) is 18.6 Å². The average Bonchev–Trinajstić information content (AvgIpc) is 3.02. The maximum Gasteiger partial charge on any atom is 0.308 e. The first kappa shape index (κ1) is 18.8. The molecule has 1 heterocycles. The molecule has 2 aromatic carbocycles. The maximum atomic E-state index is 12.2. The number of carbonyl (C=O) groups is 2. The van der Waals surface area contributed by atoms with Crippen molar-refractivity contribution >= 4 is 11.9 Å². The predicted octanol–water partition coefficient (Wildman–Crippen LogP) is 3.02. The molecule has 3 rings (SSSR count). The van der Waals surface area contributed by atoms with Crippen LogP contribution in [0.2, 0.25) is 0 Å². The summed E-state index contributed by atoms with van der Waals surface area (Å²) in [5.74, 6) is -0.588. The van der Waals surface area contributed by atoms with Gasteiger partial charge < -0.3 is 19.5 Å². The number of nitrogens with zero attached hydrogens (tertiary/aromatic N) is 1. The minimum atomic E-state index is -0.938. The Hall–Kier alpha value is -3.02. The lowest BCUT2D eigenvalue weighted by Gasteiger charge is -2.20. The molecule has 0 spiro atoms. The topological polar surface area (TPSA) is 76.1 Å². The van der Waals surface area contributed by atoms with E-state index in [1.54, 1.807) is 18.1 Å². The van der Waals surface area contributed by atoms with Gasteiger partial charge in [-0.15, -0.1) is 0 Å². The van der Waals surface area contributed by atoms with Gasteiger partial charge in [0.15, 0.2) is 11.5 Å². The fraction of sp³-hybridized carbons (Fsp3) is 0.333. The molecule has 1 aliphatic heterocycles. The van der Waals surface area contributed by atoms with E-state index in [-0.39, 0.29) is 18.9 Å². The molecule has 1 unspecified atom stereocenters. The highest BCUT2D eigenvalue weighted by Gasteiger charge is 2.34. The average molecular weight is 369 g/mol. The van der Waals surface area contributed by atoms with Crippen molar-refractivity contribution < 1.29 is 24.2 Å². The SMILES string of the molecule is COc1cccc(CN2CC(C(=O)O)CC2=O)c1OCc1ccc(C)cc1. The Labute approximate surface area is 158 Å². The first-order valence-corrected chi connectivity index (χ1v) is 8.82. The first-order chi connectivity index (χ1) is 13.0. The number of carboxylic acids is 1. The lowest BCUT2D eigenvalue weighted by Crippen LogP contribution is -2.26. The molecule has 1 amide bonds. The van der Waals surface area contributed by atoms with Crippen LogP contribution in [0.3, 0.4) is 0 Å². The van der Waals surface area contributed by atoms with Crippen molar-refractivity contribution in [2.24, 2.45) is 5.92 Å². The van der Waals surface area contributed by atoms with Gasteiger partial charge in [-0.3, -0.25) is 9.59 Å². The molecule has 1 fully saturated rings. The summed E-state index contributed by atoms with van der Waals surface area (Å²) in [7, 11) is 1.57. The summed E-state index contributed by atoms with van der Waals surface area (Å²) in [5, 5.41) is 9.16. The van der Waals surface area contributed by atoms with Crippen molar-refractivity contribution in [3.8, 4) is 11.5 Å². The Morgan fingerprint density at radius 2 is 1.96 bits per heavy atom. The summed E-state index contributed by atoms with van der Waals surface area (Å²) >= 11 is 0. The van der Waals surface area contributed by atoms with Gasteiger partial charge in [-0.1, -0.05) is 42.0 Å². The number of para-hydroxylation sites is 1. The van der Waals surface area contributed by atoms with Gasteiger partial charge in [-0.2, -0.15) is 0 Å². The van der Waals surface area contributed by atoms with Crippen LogP contribution in [0.5, 0.6) is 11.5 Å². The molecule has 0 aliphatic carbocycles. The number of rotatable bonds is 7. The molecule has 1 atom stereocenters. The molecular weight excluding hydrogens is 346 g/mol. The minimum Gasteiger partial charge on any atom is -0.493 e.